The van der Waals surface area contributed by atoms with Gasteiger partial charge in [0.15, 0.2) is 0 Å². The van der Waals surface area contributed by atoms with Gasteiger partial charge in [0.2, 0.25) is 10.5 Å². The van der Waals surface area contributed by atoms with Crippen molar-refractivity contribution in [1.82, 2.24) is 0 Å². The number of carbonyl (C=O) groups excluding carboxylic acids is 4. The van der Waals surface area contributed by atoms with Gasteiger partial charge in [0.05, 0.1) is 0 Å². The summed E-state index contributed by atoms with van der Waals surface area (Å²) in [5.41, 5.74) is 1.49. The van der Waals surface area contributed by atoms with E-state index in [9.17, 15) is 19.2 Å². The Morgan fingerprint density at radius 3 is 1.28 bits per heavy atom. The highest BCUT2D eigenvalue weighted by atomic mass is 35.5. The van der Waals surface area contributed by atoms with Crippen LogP contribution in [-0.4, -0.2) is 22.4 Å². The Morgan fingerprint density at radius 2 is 0.969 bits per heavy atom. The van der Waals surface area contributed by atoms with Crippen molar-refractivity contribution in [3.63, 3.8) is 0 Å². The third-order valence-electron chi connectivity index (χ3n) is 4.05. The summed E-state index contributed by atoms with van der Waals surface area (Å²) < 4.78 is 10.5. The molecule has 2 aromatic rings. The lowest BCUT2D eigenvalue weighted by atomic mass is 10.2. The SMILES string of the molecule is O=C(Cl)C=Cc1ccc(OC(=O)CCCCC(=O)Oc2ccc(C=CC(=O)Cl)cc2)cc1. The van der Waals surface area contributed by atoms with Crippen LogP contribution < -0.4 is 9.47 Å². The van der Waals surface area contributed by atoms with Gasteiger partial charge in [-0.15, -0.1) is 0 Å². The first-order valence-corrected chi connectivity index (χ1v) is 10.4. The minimum absolute atomic E-state index is 0.163. The number of hydrogen-bond donors (Lipinski definition) is 0. The Bertz CT molecular complexity index is 924. The smallest absolute Gasteiger partial charge is 0.311 e. The van der Waals surface area contributed by atoms with Crippen molar-refractivity contribution >= 4 is 57.8 Å². The van der Waals surface area contributed by atoms with Crippen molar-refractivity contribution in [3.05, 3.63) is 71.8 Å². The molecule has 0 unspecified atom stereocenters. The van der Waals surface area contributed by atoms with Crippen LogP contribution in [0.15, 0.2) is 60.7 Å². The van der Waals surface area contributed by atoms with Gasteiger partial charge in [-0.1, -0.05) is 36.4 Å². The molecule has 2 rings (SSSR count). The average Bonchev–Trinajstić information content (AvgIpc) is 2.75. The monoisotopic (exact) mass is 474 g/mol. The molecule has 8 heteroatoms. The first-order chi connectivity index (χ1) is 15.3. The molecule has 0 aliphatic carbocycles. The van der Waals surface area contributed by atoms with Crippen LogP contribution >= 0.6 is 23.2 Å². The van der Waals surface area contributed by atoms with E-state index in [1.54, 1.807) is 60.7 Å². The topological polar surface area (TPSA) is 86.7 Å². The van der Waals surface area contributed by atoms with E-state index in [1.165, 1.54) is 12.2 Å². The van der Waals surface area contributed by atoms with E-state index in [2.05, 4.69) is 0 Å². The molecular formula is C24H20Cl2O6. The van der Waals surface area contributed by atoms with E-state index in [0.29, 0.717) is 24.3 Å². The Morgan fingerprint density at radius 1 is 0.625 bits per heavy atom. The molecule has 166 valence electrons. The number of benzene rings is 2. The molecule has 32 heavy (non-hydrogen) atoms. The zero-order valence-corrected chi connectivity index (χ0v) is 18.5. The Hall–Kier alpha value is -3.22. The number of hydrogen-bond acceptors (Lipinski definition) is 6. The molecule has 0 aromatic heterocycles. The van der Waals surface area contributed by atoms with Gasteiger partial charge in [-0.3, -0.25) is 19.2 Å². The van der Waals surface area contributed by atoms with Crippen LogP contribution in [0.3, 0.4) is 0 Å². The normalized spacial score (nSPS) is 10.9. The van der Waals surface area contributed by atoms with Crippen LogP contribution in [0.25, 0.3) is 12.2 Å². The van der Waals surface area contributed by atoms with Crippen LogP contribution in [0.5, 0.6) is 11.5 Å². The van der Waals surface area contributed by atoms with Crippen LogP contribution in [-0.2, 0) is 19.2 Å². The Kier molecular flexibility index (Phi) is 10.4. The maximum Gasteiger partial charge on any atom is 0.311 e. The highest BCUT2D eigenvalue weighted by Crippen LogP contribution is 2.16. The summed E-state index contributed by atoms with van der Waals surface area (Å²) in [7, 11) is 0. The molecule has 0 saturated carbocycles. The maximum absolute atomic E-state index is 11.9. The molecule has 2 aromatic carbocycles. The highest BCUT2D eigenvalue weighted by molar-refractivity contribution is 6.67. The summed E-state index contributed by atoms with van der Waals surface area (Å²) in [6.45, 7) is 0. The predicted octanol–water partition coefficient (Wildman–Crippen LogP) is 5.32. The molecule has 0 spiro atoms. The third-order valence-corrected chi connectivity index (χ3v) is 4.30. The molecule has 0 fully saturated rings. The fourth-order valence-electron chi connectivity index (χ4n) is 2.52. The van der Waals surface area contributed by atoms with Crippen molar-refractivity contribution in [1.29, 1.82) is 0 Å². The minimum atomic E-state index is -0.573. The van der Waals surface area contributed by atoms with Crippen LogP contribution in [0, 0.1) is 0 Å². The second-order valence-corrected chi connectivity index (χ2v) is 7.31. The molecular weight excluding hydrogens is 455 g/mol. The van der Waals surface area contributed by atoms with Gasteiger partial charge >= 0.3 is 11.9 Å². The summed E-state index contributed by atoms with van der Waals surface area (Å²) in [5.74, 6) is -0.0386. The third kappa shape index (κ3) is 10.2. The first kappa shape index (κ1) is 25.0. The lowest BCUT2D eigenvalue weighted by Gasteiger charge is -2.06. The summed E-state index contributed by atoms with van der Waals surface area (Å²) in [6.07, 6.45) is 6.83. The van der Waals surface area contributed by atoms with E-state index in [0.717, 1.165) is 11.1 Å². The molecule has 0 aliphatic rings. The Labute approximate surface area is 195 Å². The highest BCUT2D eigenvalue weighted by Gasteiger charge is 2.08. The van der Waals surface area contributed by atoms with Gasteiger partial charge in [0.25, 0.3) is 0 Å². The Balaban J connectivity index is 1.67. The molecule has 0 amide bonds. The summed E-state index contributed by atoms with van der Waals surface area (Å²) in [5, 5.41) is -1.15. The molecule has 0 saturated heterocycles. The first-order valence-electron chi connectivity index (χ1n) is 9.68. The van der Waals surface area contributed by atoms with Crippen molar-refractivity contribution in [3.8, 4) is 11.5 Å². The van der Waals surface area contributed by atoms with Crippen LogP contribution in [0.4, 0.5) is 0 Å². The zero-order valence-electron chi connectivity index (χ0n) is 17.0. The van der Waals surface area contributed by atoms with Gasteiger partial charge < -0.3 is 9.47 Å². The number of carbonyl (C=O) groups is 4. The fourth-order valence-corrected chi connectivity index (χ4v) is 2.65. The molecule has 0 radical (unpaired) electrons. The van der Waals surface area contributed by atoms with Gasteiger partial charge in [-0.25, -0.2) is 0 Å². The lowest BCUT2D eigenvalue weighted by Crippen LogP contribution is -2.10. The zero-order chi connectivity index (χ0) is 23.3. The number of esters is 2. The van der Waals surface area contributed by atoms with Crippen molar-refractivity contribution in [2.75, 3.05) is 0 Å². The quantitative estimate of drug-likeness (QED) is 0.144. The van der Waals surface area contributed by atoms with E-state index in [4.69, 9.17) is 32.7 Å². The maximum atomic E-state index is 11.9. The number of rotatable bonds is 11. The van der Waals surface area contributed by atoms with Gasteiger partial charge in [0.1, 0.15) is 11.5 Å². The van der Waals surface area contributed by atoms with Crippen LogP contribution in [0.2, 0.25) is 0 Å². The lowest BCUT2D eigenvalue weighted by molar-refractivity contribution is -0.136. The largest absolute Gasteiger partial charge is 0.427 e. The van der Waals surface area contributed by atoms with E-state index < -0.39 is 22.4 Å². The fraction of sp³-hybridized carbons (Fsp3) is 0.167. The minimum Gasteiger partial charge on any atom is -0.427 e. The molecule has 0 bridgehead atoms. The molecule has 0 atom stereocenters. The standard InChI is InChI=1S/C24H20Cl2O6/c25-21(27)15-9-17-5-11-19(12-6-17)31-23(29)3-1-2-4-24(30)32-20-13-7-18(8-14-20)10-16-22(26)28/h5-16H,1-4H2. The van der Waals surface area contributed by atoms with Gasteiger partial charge in [0, 0.05) is 12.8 Å². The van der Waals surface area contributed by atoms with Crippen molar-refractivity contribution in [2.45, 2.75) is 25.7 Å². The van der Waals surface area contributed by atoms with Gasteiger partial charge in [-0.2, -0.15) is 0 Å². The number of ether oxygens (including phenoxy) is 2. The van der Waals surface area contributed by atoms with E-state index >= 15 is 0 Å². The summed E-state index contributed by atoms with van der Waals surface area (Å²) in [4.78, 5) is 45.3. The number of unbranched alkanes of at least 4 members (excludes halogenated alkanes) is 1. The summed E-state index contributed by atoms with van der Waals surface area (Å²) >= 11 is 10.5. The molecule has 0 N–H and O–H groups in total. The number of allylic oxidation sites excluding steroid dienone is 2. The molecule has 0 heterocycles. The van der Waals surface area contributed by atoms with Gasteiger partial charge in [-0.05, 0) is 83.6 Å². The molecule has 6 nitrogen and oxygen atoms in total. The van der Waals surface area contributed by atoms with Crippen molar-refractivity contribution < 1.29 is 28.7 Å². The molecule has 0 aliphatic heterocycles. The second kappa shape index (κ2) is 13.2. The average molecular weight is 475 g/mol. The van der Waals surface area contributed by atoms with Crippen molar-refractivity contribution in [2.24, 2.45) is 0 Å². The summed E-state index contributed by atoms with van der Waals surface area (Å²) in [6, 6.07) is 13.2. The second-order valence-electron chi connectivity index (χ2n) is 6.57. The van der Waals surface area contributed by atoms with E-state index in [-0.39, 0.29) is 12.8 Å². The number of halogens is 2. The van der Waals surface area contributed by atoms with E-state index in [1.807, 2.05) is 0 Å². The van der Waals surface area contributed by atoms with Crippen LogP contribution in [0.1, 0.15) is 36.8 Å². The predicted molar refractivity (Wildman–Crippen MR) is 122 cm³/mol.